The van der Waals surface area contributed by atoms with Crippen molar-refractivity contribution >= 4 is 19.3 Å². The summed E-state index contributed by atoms with van der Waals surface area (Å²) in [6.07, 6.45) is 0.0175. The monoisotopic (exact) mass is 273 g/mol. The van der Waals surface area contributed by atoms with Crippen LogP contribution in [0.3, 0.4) is 0 Å². The Balaban J connectivity index is 2.51. The second-order valence-corrected chi connectivity index (χ2v) is 5.71. The van der Waals surface area contributed by atoms with Gasteiger partial charge in [0.1, 0.15) is 6.04 Å². The lowest BCUT2D eigenvalue weighted by Crippen LogP contribution is -2.29. The number of anilines is 1. The number of benzene rings is 1. The summed E-state index contributed by atoms with van der Waals surface area (Å²) in [4.78, 5) is 28.4. The number of hydrogen-bond acceptors (Lipinski definition) is 3. The molecule has 0 bridgehead atoms. The maximum absolute atomic E-state index is 11.0. The minimum atomic E-state index is -4.06. The lowest BCUT2D eigenvalue weighted by Gasteiger charge is -2.15. The van der Waals surface area contributed by atoms with Crippen LogP contribution in [-0.4, -0.2) is 33.1 Å². The van der Waals surface area contributed by atoms with Gasteiger partial charge in [-0.05, 0) is 25.0 Å². The Morgan fingerprint density at radius 3 is 2.39 bits per heavy atom. The highest BCUT2D eigenvalue weighted by Crippen LogP contribution is 2.35. The van der Waals surface area contributed by atoms with Crippen LogP contribution in [-0.2, 0) is 9.36 Å². The molecule has 4 N–H and O–H groups in total. The van der Waals surface area contributed by atoms with E-state index in [-0.39, 0.29) is 19.0 Å². The first kappa shape index (κ1) is 14.7. The third-order valence-electron chi connectivity index (χ3n) is 2.35. The van der Waals surface area contributed by atoms with Gasteiger partial charge in [0.05, 0.1) is 0 Å². The fourth-order valence-corrected chi connectivity index (χ4v) is 2.09. The van der Waals surface area contributed by atoms with Crippen LogP contribution in [0.5, 0.6) is 0 Å². The number of hydrogen-bond donors (Lipinski definition) is 4. The predicted octanol–water partition coefficient (Wildman–Crippen LogP) is 1.51. The molecule has 0 spiro atoms. The van der Waals surface area contributed by atoms with Crippen LogP contribution in [0.1, 0.15) is 12.8 Å². The summed E-state index contributed by atoms with van der Waals surface area (Å²) in [6, 6.07) is 7.99. The highest BCUT2D eigenvalue weighted by atomic mass is 31.2. The molecule has 0 aliphatic heterocycles. The molecule has 0 aromatic heterocycles. The van der Waals surface area contributed by atoms with Crippen molar-refractivity contribution in [2.75, 3.05) is 11.5 Å². The van der Waals surface area contributed by atoms with Crippen LogP contribution in [0.4, 0.5) is 5.69 Å². The Morgan fingerprint density at radius 2 is 1.89 bits per heavy atom. The maximum Gasteiger partial charge on any atom is 0.326 e. The minimum absolute atomic E-state index is 0.154. The average molecular weight is 273 g/mol. The van der Waals surface area contributed by atoms with Crippen molar-refractivity contribution < 1.29 is 24.3 Å². The van der Waals surface area contributed by atoms with Gasteiger partial charge in [-0.25, -0.2) is 4.79 Å². The topological polar surface area (TPSA) is 107 Å². The summed E-state index contributed by atoms with van der Waals surface area (Å²) in [5.74, 6) is -1.04. The second-order valence-electron chi connectivity index (χ2n) is 3.93. The first-order chi connectivity index (χ1) is 8.38. The van der Waals surface area contributed by atoms with Crippen molar-refractivity contribution in [2.45, 2.75) is 18.9 Å². The van der Waals surface area contributed by atoms with Crippen molar-refractivity contribution in [3.8, 4) is 0 Å². The molecule has 1 atom stereocenters. The van der Waals surface area contributed by atoms with Gasteiger partial charge in [-0.2, -0.15) is 0 Å². The zero-order valence-corrected chi connectivity index (χ0v) is 10.6. The van der Waals surface area contributed by atoms with Gasteiger partial charge in [0.15, 0.2) is 0 Å². The largest absolute Gasteiger partial charge is 0.480 e. The molecule has 0 amide bonds. The molecule has 7 heteroatoms. The minimum Gasteiger partial charge on any atom is -0.480 e. The fourth-order valence-electron chi connectivity index (χ4n) is 1.49. The number of rotatable bonds is 7. The van der Waals surface area contributed by atoms with E-state index < -0.39 is 19.6 Å². The maximum atomic E-state index is 11.0. The fraction of sp³-hybridized carbons (Fsp3) is 0.364. The van der Waals surface area contributed by atoms with Crippen molar-refractivity contribution in [1.82, 2.24) is 0 Å². The van der Waals surface area contributed by atoms with E-state index in [2.05, 4.69) is 5.32 Å². The van der Waals surface area contributed by atoms with Crippen LogP contribution in [0, 0.1) is 0 Å². The van der Waals surface area contributed by atoms with E-state index in [0.29, 0.717) is 5.69 Å². The summed E-state index contributed by atoms with van der Waals surface area (Å²) >= 11 is 0. The van der Waals surface area contributed by atoms with E-state index in [1.807, 2.05) is 6.07 Å². The quantitative estimate of drug-likeness (QED) is 0.561. The van der Waals surface area contributed by atoms with Gasteiger partial charge in [0.2, 0.25) is 0 Å². The Labute approximate surface area is 105 Å². The van der Waals surface area contributed by atoms with E-state index in [9.17, 15) is 9.36 Å². The number of carboxylic acid groups (broad SMARTS) is 1. The van der Waals surface area contributed by atoms with E-state index in [1.54, 1.807) is 24.3 Å². The van der Waals surface area contributed by atoms with E-state index >= 15 is 0 Å². The van der Waals surface area contributed by atoms with Crippen LogP contribution < -0.4 is 5.32 Å². The molecule has 1 aromatic carbocycles. The van der Waals surface area contributed by atoms with Crippen LogP contribution in [0.25, 0.3) is 0 Å². The standard InChI is InChI=1S/C11H16NO5P/c13-11(14)10(7-4-8-18(15,16)17)12-9-5-2-1-3-6-9/h1-3,5-6,10,12H,4,7-8H2,(H,13,14)(H2,15,16,17). The first-order valence-electron chi connectivity index (χ1n) is 5.47. The van der Waals surface area contributed by atoms with Crippen LogP contribution in [0.2, 0.25) is 0 Å². The molecule has 18 heavy (non-hydrogen) atoms. The number of carbonyl (C=O) groups is 1. The Kier molecular flexibility index (Phi) is 5.34. The molecular weight excluding hydrogens is 257 g/mol. The molecule has 1 rings (SSSR count). The summed E-state index contributed by atoms with van der Waals surface area (Å²) in [7, 11) is -4.06. The first-order valence-corrected chi connectivity index (χ1v) is 7.27. The zero-order chi connectivity index (χ0) is 13.6. The van der Waals surface area contributed by atoms with Gasteiger partial charge in [-0.15, -0.1) is 0 Å². The molecule has 1 unspecified atom stereocenters. The normalized spacial score (nSPS) is 13.0. The van der Waals surface area contributed by atoms with Crippen molar-refractivity contribution in [2.24, 2.45) is 0 Å². The van der Waals surface area contributed by atoms with E-state index in [4.69, 9.17) is 14.9 Å². The zero-order valence-electron chi connectivity index (χ0n) is 9.69. The summed E-state index contributed by atoms with van der Waals surface area (Å²) < 4.78 is 10.7. The Bertz CT molecular complexity index is 430. The summed E-state index contributed by atoms with van der Waals surface area (Å²) in [5.41, 5.74) is 0.668. The molecule has 0 saturated carbocycles. The van der Waals surface area contributed by atoms with Gasteiger partial charge in [-0.3, -0.25) is 4.57 Å². The third-order valence-corrected chi connectivity index (χ3v) is 3.25. The van der Waals surface area contributed by atoms with Gasteiger partial charge < -0.3 is 20.2 Å². The summed E-state index contributed by atoms with van der Waals surface area (Å²) in [6.45, 7) is 0. The van der Waals surface area contributed by atoms with E-state index in [1.165, 1.54) is 0 Å². The summed E-state index contributed by atoms with van der Waals surface area (Å²) in [5, 5.41) is 11.8. The van der Waals surface area contributed by atoms with Crippen molar-refractivity contribution in [3.05, 3.63) is 30.3 Å². The Hall–Kier alpha value is -1.36. The molecular formula is C11H16NO5P. The third kappa shape index (κ3) is 5.82. The van der Waals surface area contributed by atoms with Gasteiger partial charge in [0.25, 0.3) is 0 Å². The number of para-hydroxylation sites is 1. The van der Waals surface area contributed by atoms with Gasteiger partial charge in [-0.1, -0.05) is 18.2 Å². The molecule has 0 fully saturated rings. The van der Waals surface area contributed by atoms with E-state index in [0.717, 1.165) is 0 Å². The SMILES string of the molecule is O=C(O)C(CCCP(=O)(O)O)Nc1ccccc1. The predicted molar refractivity (Wildman–Crippen MR) is 67.6 cm³/mol. The number of aliphatic carboxylic acids is 1. The van der Waals surface area contributed by atoms with Gasteiger partial charge >= 0.3 is 13.6 Å². The highest BCUT2D eigenvalue weighted by Gasteiger charge is 2.19. The number of nitrogens with one attached hydrogen (secondary N) is 1. The van der Waals surface area contributed by atoms with Crippen LogP contribution >= 0.6 is 7.60 Å². The Morgan fingerprint density at radius 1 is 1.28 bits per heavy atom. The second kappa shape index (κ2) is 6.54. The number of carboxylic acids is 1. The lowest BCUT2D eigenvalue weighted by molar-refractivity contribution is -0.138. The highest BCUT2D eigenvalue weighted by molar-refractivity contribution is 7.51. The molecule has 1 aromatic rings. The molecule has 100 valence electrons. The average Bonchev–Trinajstić information content (AvgIpc) is 2.27. The molecule has 0 radical (unpaired) electrons. The van der Waals surface area contributed by atoms with Crippen molar-refractivity contribution in [3.63, 3.8) is 0 Å². The molecule has 0 heterocycles. The lowest BCUT2D eigenvalue weighted by atomic mass is 10.1. The van der Waals surface area contributed by atoms with Gasteiger partial charge in [0, 0.05) is 11.8 Å². The molecule has 0 aliphatic rings. The van der Waals surface area contributed by atoms with Crippen molar-refractivity contribution in [1.29, 1.82) is 0 Å². The molecule has 6 nitrogen and oxygen atoms in total. The van der Waals surface area contributed by atoms with Crippen LogP contribution in [0.15, 0.2) is 30.3 Å². The molecule has 0 aliphatic carbocycles. The smallest absolute Gasteiger partial charge is 0.326 e. The molecule has 0 saturated heterocycles.